The van der Waals surface area contributed by atoms with Gasteiger partial charge in [0.1, 0.15) is 11.5 Å². The van der Waals surface area contributed by atoms with Crippen LogP contribution in [0.4, 0.5) is 0 Å². The second-order valence-electron chi connectivity index (χ2n) is 4.12. The van der Waals surface area contributed by atoms with Crippen molar-refractivity contribution < 1.29 is 9.47 Å². The van der Waals surface area contributed by atoms with E-state index < -0.39 is 0 Å². The van der Waals surface area contributed by atoms with Gasteiger partial charge in [-0.25, -0.2) is 0 Å². The number of methoxy groups -OCH3 is 2. The lowest BCUT2D eigenvalue weighted by Gasteiger charge is -2.20. The molecular weight excluding hydrogens is 240 g/mol. The van der Waals surface area contributed by atoms with Crippen LogP contribution in [0.15, 0.2) is 42.7 Å². The summed E-state index contributed by atoms with van der Waals surface area (Å²) < 4.78 is 10.7. The summed E-state index contributed by atoms with van der Waals surface area (Å²) in [4.78, 5) is 4.16. The first-order valence-electron chi connectivity index (χ1n) is 6.09. The molecule has 19 heavy (non-hydrogen) atoms. The maximum Gasteiger partial charge on any atom is 0.127 e. The fraction of sp³-hybridized carbons (Fsp3) is 0.267. The number of nitrogens with one attached hydrogen (secondary N) is 1. The topological polar surface area (TPSA) is 43.4 Å². The first kappa shape index (κ1) is 13.4. The third-order valence-corrected chi connectivity index (χ3v) is 3.06. The van der Waals surface area contributed by atoms with Gasteiger partial charge in [-0.2, -0.15) is 0 Å². The minimum Gasteiger partial charge on any atom is -0.497 e. The Morgan fingerprint density at radius 3 is 2.58 bits per heavy atom. The fourth-order valence-corrected chi connectivity index (χ4v) is 2.11. The Morgan fingerprint density at radius 2 is 2.00 bits per heavy atom. The van der Waals surface area contributed by atoms with Crippen molar-refractivity contribution in [2.45, 2.75) is 6.04 Å². The minimum atomic E-state index is 0.0366. The maximum absolute atomic E-state index is 5.45. The summed E-state index contributed by atoms with van der Waals surface area (Å²) in [7, 11) is 5.22. The number of hydrogen-bond acceptors (Lipinski definition) is 4. The molecule has 2 rings (SSSR count). The lowest BCUT2D eigenvalue weighted by Crippen LogP contribution is -2.18. The highest BCUT2D eigenvalue weighted by Gasteiger charge is 2.17. The number of benzene rings is 1. The van der Waals surface area contributed by atoms with Gasteiger partial charge in [0.25, 0.3) is 0 Å². The molecule has 100 valence electrons. The van der Waals surface area contributed by atoms with Gasteiger partial charge in [0, 0.05) is 24.0 Å². The number of hydrogen-bond donors (Lipinski definition) is 1. The maximum atomic E-state index is 5.45. The average molecular weight is 258 g/mol. The summed E-state index contributed by atoms with van der Waals surface area (Å²) in [6.45, 7) is 0. The van der Waals surface area contributed by atoms with E-state index in [-0.39, 0.29) is 6.04 Å². The summed E-state index contributed by atoms with van der Waals surface area (Å²) in [6.07, 6.45) is 3.62. The largest absolute Gasteiger partial charge is 0.497 e. The van der Waals surface area contributed by atoms with E-state index in [4.69, 9.17) is 9.47 Å². The van der Waals surface area contributed by atoms with Crippen LogP contribution in [0.25, 0.3) is 0 Å². The summed E-state index contributed by atoms with van der Waals surface area (Å²) >= 11 is 0. The lowest BCUT2D eigenvalue weighted by molar-refractivity contribution is 0.388. The Labute approximate surface area is 113 Å². The molecule has 1 atom stereocenters. The molecule has 0 aliphatic rings. The molecule has 1 aromatic carbocycles. The molecule has 0 fully saturated rings. The van der Waals surface area contributed by atoms with Crippen molar-refractivity contribution in [3.05, 3.63) is 53.9 Å². The number of pyridine rings is 1. The first-order valence-corrected chi connectivity index (χ1v) is 6.09. The SMILES string of the molecule is CNC(c1cccnc1)c1ccc(OC)cc1OC. The van der Waals surface area contributed by atoms with E-state index in [0.29, 0.717) is 0 Å². The van der Waals surface area contributed by atoms with Gasteiger partial charge in [-0.05, 0) is 30.8 Å². The monoisotopic (exact) mass is 258 g/mol. The zero-order chi connectivity index (χ0) is 13.7. The van der Waals surface area contributed by atoms with E-state index in [1.54, 1.807) is 20.4 Å². The molecule has 0 spiro atoms. The average Bonchev–Trinajstić information content (AvgIpc) is 2.49. The van der Waals surface area contributed by atoms with E-state index in [1.165, 1.54) is 0 Å². The van der Waals surface area contributed by atoms with Crippen LogP contribution in [0, 0.1) is 0 Å². The van der Waals surface area contributed by atoms with Gasteiger partial charge in [-0.3, -0.25) is 4.98 Å². The predicted molar refractivity (Wildman–Crippen MR) is 74.7 cm³/mol. The Morgan fingerprint density at radius 1 is 1.16 bits per heavy atom. The van der Waals surface area contributed by atoms with Gasteiger partial charge in [0.05, 0.1) is 20.3 Å². The number of rotatable bonds is 5. The van der Waals surface area contributed by atoms with Crippen LogP contribution >= 0.6 is 0 Å². The highest BCUT2D eigenvalue weighted by Crippen LogP contribution is 2.32. The Bertz CT molecular complexity index is 529. The van der Waals surface area contributed by atoms with Crippen molar-refractivity contribution in [1.29, 1.82) is 0 Å². The fourth-order valence-electron chi connectivity index (χ4n) is 2.11. The molecular formula is C15H18N2O2. The quantitative estimate of drug-likeness (QED) is 0.894. The highest BCUT2D eigenvalue weighted by molar-refractivity contribution is 5.45. The molecule has 1 unspecified atom stereocenters. The Balaban J connectivity index is 2.43. The van der Waals surface area contributed by atoms with Gasteiger partial charge in [0.15, 0.2) is 0 Å². The summed E-state index contributed by atoms with van der Waals surface area (Å²) in [5.74, 6) is 1.57. The van der Waals surface area contributed by atoms with E-state index in [9.17, 15) is 0 Å². The number of aromatic nitrogens is 1. The first-order chi connectivity index (χ1) is 9.30. The van der Waals surface area contributed by atoms with Crippen LogP contribution < -0.4 is 14.8 Å². The summed E-state index contributed by atoms with van der Waals surface area (Å²) in [5.41, 5.74) is 2.15. The second-order valence-corrected chi connectivity index (χ2v) is 4.12. The van der Waals surface area contributed by atoms with E-state index in [2.05, 4.69) is 10.3 Å². The third-order valence-electron chi connectivity index (χ3n) is 3.06. The molecule has 1 heterocycles. The minimum absolute atomic E-state index is 0.0366. The standard InChI is InChI=1S/C15H18N2O2/c1-16-15(11-5-4-8-17-10-11)13-7-6-12(18-2)9-14(13)19-3/h4-10,15-16H,1-3H3. The van der Waals surface area contributed by atoms with Crippen molar-refractivity contribution in [2.75, 3.05) is 21.3 Å². The lowest BCUT2D eigenvalue weighted by atomic mass is 9.99. The Kier molecular flexibility index (Phi) is 4.36. The molecule has 1 N–H and O–H groups in total. The molecule has 0 aliphatic carbocycles. The van der Waals surface area contributed by atoms with Crippen molar-refractivity contribution in [3.63, 3.8) is 0 Å². The van der Waals surface area contributed by atoms with E-state index >= 15 is 0 Å². The zero-order valence-corrected chi connectivity index (χ0v) is 11.4. The molecule has 0 aliphatic heterocycles. The van der Waals surface area contributed by atoms with Gasteiger partial charge in [-0.1, -0.05) is 6.07 Å². The van der Waals surface area contributed by atoms with Gasteiger partial charge >= 0.3 is 0 Å². The zero-order valence-electron chi connectivity index (χ0n) is 11.4. The van der Waals surface area contributed by atoms with Crippen LogP contribution in [-0.4, -0.2) is 26.3 Å². The summed E-state index contributed by atoms with van der Waals surface area (Å²) in [5, 5.41) is 3.29. The van der Waals surface area contributed by atoms with E-state index in [0.717, 1.165) is 22.6 Å². The summed E-state index contributed by atoms with van der Waals surface area (Å²) in [6, 6.07) is 9.82. The van der Waals surface area contributed by atoms with Gasteiger partial charge in [0.2, 0.25) is 0 Å². The molecule has 0 amide bonds. The predicted octanol–water partition coefficient (Wildman–Crippen LogP) is 2.41. The van der Waals surface area contributed by atoms with Crippen LogP contribution in [0.5, 0.6) is 11.5 Å². The third kappa shape index (κ3) is 2.85. The van der Waals surface area contributed by atoms with Crippen molar-refractivity contribution in [3.8, 4) is 11.5 Å². The van der Waals surface area contributed by atoms with Crippen molar-refractivity contribution >= 4 is 0 Å². The van der Waals surface area contributed by atoms with Gasteiger partial charge < -0.3 is 14.8 Å². The van der Waals surface area contributed by atoms with Crippen LogP contribution in [-0.2, 0) is 0 Å². The Hall–Kier alpha value is -2.07. The van der Waals surface area contributed by atoms with Crippen LogP contribution in [0.3, 0.4) is 0 Å². The van der Waals surface area contributed by atoms with Crippen LogP contribution in [0.1, 0.15) is 17.2 Å². The number of nitrogens with zero attached hydrogens (tertiary/aromatic N) is 1. The molecule has 4 nitrogen and oxygen atoms in total. The molecule has 4 heteroatoms. The van der Waals surface area contributed by atoms with Crippen molar-refractivity contribution in [2.24, 2.45) is 0 Å². The highest BCUT2D eigenvalue weighted by atomic mass is 16.5. The molecule has 0 saturated heterocycles. The van der Waals surface area contributed by atoms with E-state index in [1.807, 2.05) is 43.6 Å². The molecule has 2 aromatic rings. The molecule has 0 radical (unpaired) electrons. The van der Waals surface area contributed by atoms with Crippen molar-refractivity contribution in [1.82, 2.24) is 10.3 Å². The van der Waals surface area contributed by atoms with Gasteiger partial charge in [-0.15, -0.1) is 0 Å². The number of ether oxygens (including phenoxy) is 2. The molecule has 1 aromatic heterocycles. The van der Waals surface area contributed by atoms with Crippen LogP contribution in [0.2, 0.25) is 0 Å². The smallest absolute Gasteiger partial charge is 0.127 e. The molecule has 0 bridgehead atoms. The normalized spacial score (nSPS) is 11.9. The second kappa shape index (κ2) is 6.20. The molecule has 0 saturated carbocycles.